The normalized spacial score (nSPS) is 11.0. The fraction of sp³-hybridized carbons (Fsp3) is 0.357. The van der Waals surface area contributed by atoms with E-state index >= 15 is 0 Å². The molecule has 0 aliphatic rings. The van der Waals surface area contributed by atoms with Crippen LogP contribution in [0.25, 0.3) is 0 Å². The molecule has 0 radical (unpaired) electrons. The molecule has 1 amide bonds. The fourth-order valence-corrected chi connectivity index (χ4v) is 1.66. The minimum Gasteiger partial charge on any atom is -0.312 e. The average Bonchev–Trinajstić information content (AvgIpc) is 2.26. The van der Waals surface area contributed by atoms with Crippen molar-refractivity contribution in [1.29, 1.82) is 0 Å². The highest BCUT2D eigenvalue weighted by molar-refractivity contribution is 6.01. The molecule has 16 heavy (non-hydrogen) atoms. The van der Waals surface area contributed by atoms with Crippen LogP contribution in [0.1, 0.15) is 26.3 Å². The number of carbonyl (C=O) groups excluding carboxylic acids is 1. The van der Waals surface area contributed by atoms with Crippen LogP contribution in [-0.2, 0) is 10.2 Å². The van der Waals surface area contributed by atoms with Crippen molar-refractivity contribution in [2.75, 3.05) is 11.9 Å². The Balaban J connectivity index is 3.23. The largest absolute Gasteiger partial charge is 0.312 e. The molecule has 2 nitrogen and oxygen atoms in total. The van der Waals surface area contributed by atoms with Crippen molar-refractivity contribution in [1.82, 2.24) is 0 Å². The Morgan fingerprint density at radius 2 is 1.88 bits per heavy atom. The van der Waals surface area contributed by atoms with Gasteiger partial charge >= 0.3 is 0 Å². The zero-order valence-electron chi connectivity index (χ0n) is 10.4. The van der Waals surface area contributed by atoms with E-state index in [0.717, 1.165) is 11.3 Å². The molecule has 0 saturated carbocycles. The molecule has 0 aliphatic carbocycles. The monoisotopic (exact) mass is 217 g/mol. The van der Waals surface area contributed by atoms with E-state index in [2.05, 4.69) is 33.4 Å². The van der Waals surface area contributed by atoms with Crippen LogP contribution in [0.15, 0.2) is 36.9 Å². The molecule has 0 atom stereocenters. The third kappa shape index (κ3) is 2.51. The predicted molar refractivity (Wildman–Crippen MR) is 68.7 cm³/mol. The quantitative estimate of drug-likeness (QED) is 0.697. The van der Waals surface area contributed by atoms with Crippen LogP contribution < -0.4 is 4.90 Å². The number of anilines is 1. The lowest BCUT2D eigenvalue weighted by molar-refractivity contribution is -0.113. The summed E-state index contributed by atoms with van der Waals surface area (Å²) in [5.41, 5.74) is 2.12. The summed E-state index contributed by atoms with van der Waals surface area (Å²) in [5, 5.41) is 0. The van der Waals surface area contributed by atoms with Gasteiger partial charge in [-0.2, -0.15) is 0 Å². The molecule has 86 valence electrons. The van der Waals surface area contributed by atoms with E-state index in [4.69, 9.17) is 0 Å². The van der Waals surface area contributed by atoms with E-state index in [1.807, 2.05) is 18.2 Å². The van der Waals surface area contributed by atoms with Gasteiger partial charge in [0.2, 0.25) is 5.91 Å². The molecule has 0 bridgehead atoms. The number of benzene rings is 1. The molecule has 1 rings (SSSR count). The van der Waals surface area contributed by atoms with Gasteiger partial charge in [-0.15, -0.1) is 0 Å². The van der Waals surface area contributed by atoms with Gasteiger partial charge in [0.05, 0.1) is 0 Å². The third-order valence-corrected chi connectivity index (χ3v) is 2.58. The van der Waals surface area contributed by atoms with Crippen molar-refractivity contribution in [3.05, 3.63) is 42.5 Å². The van der Waals surface area contributed by atoms with Gasteiger partial charge in [-0.25, -0.2) is 0 Å². The highest BCUT2D eigenvalue weighted by Gasteiger charge is 2.20. The average molecular weight is 217 g/mol. The molecule has 0 aromatic heterocycles. The Labute approximate surface area is 97.6 Å². The lowest BCUT2D eigenvalue weighted by Crippen LogP contribution is -2.27. The minimum atomic E-state index is -0.0864. The third-order valence-electron chi connectivity index (χ3n) is 2.58. The maximum atomic E-state index is 11.6. The number of likely N-dealkylation sites (N-methyl/N-ethyl adjacent to an activating group) is 1. The van der Waals surface area contributed by atoms with Gasteiger partial charge < -0.3 is 4.90 Å². The van der Waals surface area contributed by atoms with E-state index in [1.165, 1.54) is 6.08 Å². The highest BCUT2D eigenvalue weighted by atomic mass is 16.2. The van der Waals surface area contributed by atoms with Crippen molar-refractivity contribution in [2.24, 2.45) is 0 Å². The van der Waals surface area contributed by atoms with Crippen molar-refractivity contribution < 1.29 is 4.79 Å². The van der Waals surface area contributed by atoms with E-state index in [0.29, 0.717) is 0 Å². The van der Waals surface area contributed by atoms with Crippen LogP contribution in [0.3, 0.4) is 0 Å². The first-order valence-electron chi connectivity index (χ1n) is 5.37. The first kappa shape index (κ1) is 12.5. The molecule has 0 spiro atoms. The number of amides is 1. The van der Waals surface area contributed by atoms with E-state index in [1.54, 1.807) is 11.9 Å². The number of hydrogen-bond acceptors (Lipinski definition) is 1. The van der Waals surface area contributed by atoms with E-state index < -0.39 is 0 Å². The molecule has 0 fully saturated rings. The fourth-order valence-electron chi connectivity index (χ4n) is 1.66. The van der Waals surface area contributed by atoms with Crippen LogP contribution in [-0.4, -0.2) is 13.0 Å². The van der Waals surface area contributed by atoms with Crippen LogP contribution >= 0.6 is 0 Å². The first-order chi connectivity index (χ1) is 7.38. The molecule has 1 aromatic rings. The summed E-state index contributed by atoms with van der Waals surface area (Å²) in [7, 11) is 1.77. The van der Waals surface area contributed by atoms with Crippen LogP contribution in [0.2, 0.25) is 0 Å². The Hall–Kier alpha value is -1.57. The zero-order valence-corrected chi connectivity index (χ0v) is 10.4. The standard InChI is InChI=1S/C14H19NO/c1-6-13(16)15(5)12-10-8-7-9-11(12)14(2,3)4/h6-10H,1H2,2-5H3. The SMILES string of the molecule is C=CC(=O)N(C)c1ccccc1C(C)(C)C. The molecule has 0 heterocycles. The summed E-state index contributed by atoms with van der Waals surface area (Å²) in [6.45, 7) is 9.92. The van der Waals surface area contributed by atoms with Gasteiger partial charge in [0.1, 0.15) is 0 Å². The molecule has 0 aliphatic heterocycles. The second kappa shape index (κ2) is 4.52. The molecular weight excluding hydrogens is 198 g/mol. The summed E-state index contributed by atoms with van der Waals surface area (Å²) in [4.78, 5) is 13.2. The maximum absolute atomic E-state index is 11.6. The Morgan fingerprint density at radius 1 is 1.31 bits per heavy atom. The summed E-state index contributed by atoms with van der Waals surface area (Å²) >= 11 is 0. The molecule has 1 aromatic carbocycles. The second-order valence-corrected chi connectivity index (χ2v) is 4.87. The van der Waals surface area contributed by atoms with Crippen LogP contribution in [0.4, 0.5) is 5.69 Å². The zero-order chi connectivity index (χ0) is 12.3. The van der Waals surface area contributed by atoms with Crippen molar-refractivity contribution in [2.45, 2.75) is 26.2 Å². The minimum absolute atomic E-state index is 0.0201. The topological polar surface area (TPSA) is 20.3 Å². The van der Waals surface area contributed by atoms with E-state index in [9.17, 15) is 4.79 Å². The van der Waals surface area contributed by atoms with Gasteiger partial charge in [-0.05, 0) is 23.1 Å². The maximum Gasteiger partial charge on any atom is 0.250 e. The Kier molecular flexibility index (Phi) is 3.53. The number of rotatable bonds is 2. The lowest BCUT2D eigenvalue weighted by atomic mass is 9.85. The van der Waals surface area contributed by atoms with Crippen molar-refractivity contribution in [3.8, 4) is 0 Å². The smallest absolute Gasteiger partial charge is 0.250 e. The summed E-state index contributed by atoms with van der Waals surface area (Å²) in [6.07, 6.45) is 1.33. The second-order valence-electron chi connectivity index (χ2n) is 4.87. The van der Waals surface area contributed by atoms with Gasteiger partial charge in [0.15, 0.2) is 0 Å². The number of nitrogens with zero attached hydrogens (tertiary/aromatic N) is 1. The van der Waals surface area contributed by atoms with Crippen LogP contribution in [0, 0.1) is 0 Å². The predicted octanol–water partition coefficient (Wildman–Crippen LogP) is 3.13. The molecule has 2 heteroatoms. The van der Waals surface area contributed by atoms with Gasteiger partial charge in [0.25, 0.3) is 0 Å². The number of carbonyl (C=O) groups is 1. The molecular formula is C14H19NO. The van der Waals surface area contributed by atoms with Crippen molar-refractivity contribution >= 4 is 11.6 Å². The molecule has 0 N–H and O–H groups in total. The highest BCUT2D eigenvalue weighted by Crippen LogP contribution is 2.31. The summed E-state index contributed by atoms with van der Waals surface area (Å²) in [6, 6.07) is 7.96. The van der Waals surface area contributed by atoms with E-state index in [-0.39, 0.29) is 11.3 Å². The Morgan fingerprint density at radius 3 is 2.38 bits per heavy atom. The van der Waals surface area contributed by atoms with Crippen LogP contribution in [0.5, 0.6) is 0 Å². The summed E-state index contributed by atoms with van der Waals surface area (Å²) in [5.74, 6) is -0.0864. The number of para-hydroxylation sites is 1. The van der Waals surface area contributed by atoms with Gasteiger partial charge in [0, 0.05) is 12.7 Å². The Bertz CT molecular complexity index is 401. The molecule has 0 saturated heterocycles. The summed E-state index contributed by atoms with van der Waals surface area (Å²) < 4.78 is 0. The number of hydrogen-bond donors (Lipinski definition) is 0. The first-order valence-corrected chi connectivity index (χ1v) is 5.37. The van der Waals surface area contributed by atoms with Crippen molar-refractivity contribution in [3.63, 3.8) is 0 Å². The van der Waals surface area contributed by atoms with Gasteiger partial charge in [-0.1, -0.05) is 45.5 Å². The lowest BCUT2D eigenvalue weighted by Gasteiger charge is -2.27. The molecule has 0 unspecified atom stereocenters. The van der Waals surface area contributed by atoms with Gasteiger partial charge in [-0.3, -0.25) is 4.79 Å².